The molecule has 0 aromatic heterocycles. The molecule has 0 spiro atoms. The Morgan fingerprint density at radius 1 is 1.12 bits per heavy atom. The van der Waals surface area contributed by atoms with Crippen molar-refractivity contribution >= 4 is 23.5 Å². The normalized spacial score (nSPS) is 11.2. The molecule has 0 saturated heterocycles. The van der Waals surface area contributed by atoms with Crippen molar-refractivity contribution in [2.45, 2.75) is 12.7 Å². The molecule has 25 heavy (non-hydrogen) atoms. The van der Waals surface area contributed by atoms with Crippen LogP contribution in [0.2, 0.25) is 5.02 Å². The van der Waals surface area contributed by atoms with Gasteiger partial charge in [-0.25, -0.2) is 9.18 Å². The topological polar surface area (TPSA) is 66.4 Å². The summed E-state index contributed by atoms with van der Waals surface area (Å²) in [6, 6.07) is 5.48. The average Bonchev–Trinajstić information content (AvgIpc) is 2.52. The number of carboxylic acid groups (broad SMARTS) is 1. The molecule has 2 N–H and O–H groups in total. The van der Waals surface area contributed by atoms with Gasteiger partial charge in [0.25, 0.3) is 5.91 Å². The van der Waals surface area contributed by atoms with E-state index in [9.17, 15) is 27.2 Å². The number of carbonyl (C=O) groups excluding carboxylic acids is 1. The number of hydrogen-bond donors (Lipinski definition) is 2. The molecule has 2 aromatic carbocycles. The van der Waals surface area contributed by atoms with Crippen LogP contribution in [-0.4, -0.2) is 17.0 Å². The predicted molar refractivity (Wildman–Crippen MR) is 81.0 cm³/mol. The lowest BCUT2D eigenvalue weighted by atomic mass is 10.1. The molecule has 2 aromatic rings. The van der Waals surface area contributed by atoms with Gasteiger partial charge in [0.1, 0.15) is 5.82 Å². The minimum absolute atomic E-state index is 0.00234. The van der Waals surface area contributed by atoms with Crippen molar-refractivity contribution < 1.29 is 32.3 Å². The Bertz CT molecular complexity index is 837. The number of carbonyl (C=O) groups is 2. The number of alkyl halides is 3. The van der Waals surface area contributed by atoms with Crippen LogP contribution >= 0.6 is 11.6 Å². The van der Waals surface area contributed by atoms with Gasteiger partial charge in [-0.1, -0.05) is 17.7 Å². The fourth-order valence-electron chi connectivity index (χ4n) is 2.02. The van der Waals surface area contributed by atoms with Crippen LogP contribution in [0.1, 0.15) is 31.8 Å². The van der Waals surface area contributed by atoms with Gasteiger partial charge in [0.2, 0.25) is 0 Å². The molecule has 0 unspecified atom stereocenters. The second-order valence-electron chi connectivity index (χ2n) is 5.03. The van der Waals surface area contributed by atoms with E-state index in [0.717, 1.165) is 0 Å². The summed E-state index contributed by atoms with van der Waals surface area (Å²) in [7, 11) is 0. The molecule has 9 heteroatoms. The van der Waals surface area contributed by atoms with E-state index in [1.54, 1.807) is 0 Å². The number of benzene rings is 2. The van der Waals surface area contributed by atoms with Crippen LogP contribution in [0.15, 0.2) is 36.4 Å². The van der Waals surface area contributed by atoms with Crippen LogP contribution in [-0.2, 0) is 12.7 Å². The summed E-state index contributed by atoms with van der Waals surface area (Å²) < 4.78 is 51.3. The number of rotatable bonds is 4. The van der Waals surface area contributed by atoms with Gasteiger partial charge < -0.3 is 10.4 Å². The zero-order valence-corrected chi connectivity index (χ0v) is 13.1. The van der Waals surface area contributed by atoms with Crippen LogP contribution in [0.3, 0.4) is 0 Å². The maximum Gasteiger partial charge on any atom is 0.416 e. The summed E-state index contributed by atoms with van der Waals surface area (Å²) in [4.78, 5) is 22.9. The Kier molecular flexibility index (Phi) is 5.32. The molecule has 4 nitrogen and oxygen atoms in total. The smallest absolute Gasteiger partial charge is 0.416 e. The maximum atomic E-state index is 13.3. The first-order chi connectivity index (χ1) is 11.6. The van der Waals surface area contributed by atoms with Crippen molar-refractivity contribution in [1.29, 1.82) is 0 Å². The number of carboxylic acids is 1. The monoisotopic (exact) mass is 375 g/mol. The van der Waals surface area contributed by atoms with Gasteiger partial charge in [0, 0.05) is 12.1 Å². The quantitative estimate of drug-likeness (QED) is 0.790. The van der Waals surface area contributed by atoms with Crippen molar-refractivity contribution in [3.63, 3.8) is 0 Å². The lowest BCUT2D eigenvalue weighted by Gasteiger charge is -2.10. The lowest BCUT2D eigenvalue weighted by molar-refractivity contribution is -0.137. The van der Waals surface area contributed by atoms with Gasteiger partial charge in [0.05, 0.1) is 16.1 Å². The minimum atomic E-state index is -4.79. The first-order valence-electron chi connectivity index (χ1n) is 6.75. The predicted octanol–water partition coefficient (Wildman–Crippen LogP) is 4.13. The van der Waals surface area contributed by atoms with E-state index in [0.29, 0.717) is 17.7 Å². The Labute approximate surface area is 144 Å². The van der Waals surface area contributed by atoms with E-state index in [1.807, 2.05) is 0 Å². The SMILES string of the molecule is O=C(NCc1ccc(Cl)c(C(=O)O)c1)c1cc(F)cc(C(F)(F)F)c1. The third kappa shape index (κ3) is 4.69. The van der Waals surface area contributed by atoms with Crippen molar-refractivity contribution in [3.05, 3.63) is 69.5 Å². The molecule has 0 atom stereocenters. The highest BCUT2D eigenvalue weighted by atomic mass is 35.5. The number of hydrogen-bond acceptors (Lipinski definition) is 2. The van der Waals surface area contributed by atoms with Gasteiger partial charge in [-0.2, -0.15) is 13.2 Å². The Morgan fingerprint density at radius 3 is 2.40 bits per heavy atom. The molecule has 0 aliphatic heterocycles. The third-order valence-corrected chi connectivity index (χ3v) is 3.53. The molecule has 1 amide bonds. The number of halogens is 5. The summed E-state index contributed by atoms with van der Waals surface area (Å²) in [5, 5.41) is 11.3. The average molecular weight is 376 g/mol. The van der Waals surface area contributed by atoms with Crippen LogP contribution in [0.4, 0.5) is 17.6 Å². The molecule has 0 aliphatic rings. The van der Waals surface area contributed by atoms with Gasteiger partial charge in [-0.05, 0) is 35.9 Å². The van der Waals surface area contributed by atoms with Crippen molar-refractivity contribution in [1.82, 2.24) is 5.32 Å². The molecular formula is C16H10ClF4NO3. The van der Waals surface area contributed by atoms with Crippen molar-refractivity contribution in [2.75, 3.05) is 0 Å². The maximum absolute atomic E-state index is 13.3. The fraction of sp³-hybridized carbons (Fsp3) is 0.125. The molecule has 0 saturated carbocycles. The number of aromatic carboxylic acids is 1. The second-order valence-corrected chi connectivity index (χ2v) is 5.44. The highest BCUT2D eigenvalue weighted by molar-refractivity contribution is 6.33. The van der Waals surface area contributed by atoms with Crippen molar-refractivity contribution in [2.24, 2.45) is 0 Å². The summed E-state index contributed by atoms with van der Waals surface area (Å²) in [5.41, 5.74) is -1.60. The number of amides is 1. The molecule has 132 valence electrons. The Morgan fingerprint density at radius 2 is 1.80 bits per heavy atom. The molecule has 0 aliphatic carbocycles. The first kappa shape index (κ1) is 18.7. The fourth-order valence-corrected chi connectivity index (χ4v) is 2.21. The molecule has 2 rings (SSSR count). The van der Waals surface area contributed by atoms with E-state index in [-0.39, 0.29) is 23.2 Å². The van der Waals surface area contributed by atoms with E-state index >= 15 is 0 Å². The zero-order valence-electron chi connectivity index (χ0n) is 12.3. The number of nitrogens with one attached hydrogen (secondary N) is 1. The standard InChI is InChI=1S/C16H10ClF4NO3/c17-13-2-1-8(3-12(13)15(24)25)7-22-14(23)9-4-10(16(19,20)21)6-11(18)5-9/h1-6H,7H2,(H,22,23)(H,24,25). The molecule has 0 heterocycles. The first-order valence-corrected chi connectivity index (χ1v) is 7.13. The lowest BCUT2D eigenvalue weighted by Crippen LogP contribution is -2.23. The largest absolute Gasteiger partial charge is 0.478 e. The van der Waals surface area contributed by atoms with Gasteiger partial charge in [0.15, 0.2) is 0 Å². The van der Waals surface area contributed by atoms with E-state index in [2.05, 4.69) is 5.32 Å². The molecule has 0 radical (unpaired) electrons. The highest BCUT2D eigenvalue weighted by Gasteiger charge is 2.32. The van der Waals surface area contributed by atoms with Crippen LogP contribution in [0.25, 0.3) is 0 Å². The summed E-state index contributed by atoms with van der Waals surface area (Å²) in [6.07, 6.45) is -4.79. The van der Waals surface area contributed by atoms with Crippen molar-refractivity contribution in [3.8, 4) is 0 Å². The Balaban J connectivity index is 2.17. The van der Waals surface area contributed by atoms with E-state index in [4.69, 9.17) is 16.7 Å². The van der Waals surface area contributed by atoms with Gasteiger partial charge in [-0.3, -0.25) is 4.79 Å². The summed E-state index contributed by atoms with van der Waals surface area (Å²) in [5.74, 6) is -3.39. The van der Waals surface area contributed by atoms with E-state index < -0.39 is 35.0 Å². The minimum Gasteiger partial charge on any atom is -0.478 e. The zero-order chi connectivity index (χ0) is 18.8. The summed E-state index contributed by atoms with van der Waals surface area (Å²) in [6.45, 7) is -0.172. The molecule has 0 bridgehead atoms. The van der Waals surface area contributed by atoms with E-state index in [1.165, 1.54) is 18.2 Å². The molecule has 0 fully saturated rings. The van der Waals surface area contributed by atoms with Crippen LogP contribution in [0.5, 0.6) is 0 Å². The Hall–Kier alpha value is -2.61. The van der Waals surface area contributed by atoms with Crippen LogP contribution in [0, 0.1) is 5.82 Å². The molecular weight excluding hydrogens is 366 g/mol. The highest BCUT2D eigenvalue weighted by Crippen LogP contribution is 2.30. The van der Waals surface area contributed by atoms with Gasteiger partial charge >= 0.3 is 12.1 Å². The second kappa shape index (κ2) is 7.10. The summed E-state index contributed by atoms with van der Waals surface area (Å²) >= 11 is 5.71. The van der Waals surface area contributed by atoms with Gasteiger partial charge in [-0.15, -0.1) is 0 Å². The third-order valence-electron chi connectivity index (χ3n) is 3.20. The van der Waals surface area contributed by atoms with Crippen LogP contribution < -0.4 is 5.32 Å².